The quantitative estimate of drug-likeness (QED) is 0.824. The molecule has 1 saturated heterocycles. The maximum Gasteiger partial charge on any atom is 0.321 e. The lowest BCUT2D eigenvalue weighted by Crippen LogP contribution is -2.41. The summed E-state index contributed by atoms with van der Waals surface area (Å²) in [6.07, 6.45) is 2.61. The van der Waals surface area contributed by atoms with Crippen molar-refractivity contribution in [2.24, 2.45) is 5.92 Å². The Morgan fingerprint density at radius 2 is 2.00 bits per heavy atom. The number of nitrogens with one attached hydrogen (secondary N) is 2. The average Bonchev–Trinajstić information content (AvgIpc) is 3.08. The molecule has 0 radical (unpaired) electrons. The van der Waals surface area contributed by atoms with Crippen LogP contribution in [0.3, 0.4) is 0 Å². The molecule has 1 fully saturated rings. The number of likely N-dealkylation sites (tertiary alicyclic amines) is 1. The SMILES string of the molecule is CCNC(=O)c1ccc(NC(=O)N2CCC(Cc3noc(C)n3)CC2)c(C)c1. The third kappa shape index (κ3) is 4.88. The summed E-state index contributed by atoms with van der Waals surface area (Å²) in [6.45, 7) is 7.53. The number of nitrogens with zero attached hydrogens (tertiary/aromatic N) is 3. The first-order valence-corrected chi connectivity index (χ1v) is 9.70. The molecule has 3 rings (SSSR count). The zero-order chi connectivity index (χ0) is 20.1. The minimum absolute atomic E-state index is 0.109. The Morgan fingerprint density at radius 1 is 1.25 bits per heavy atom. The van der Waals surface area contributed by atoms with Crippen LogP contribution in [0, 0.1) is 19.8 Å². The molecule has 28 heavy (non-hydrogen) atoms. The molecule has 0 atom stereocenters. The Morgan fingerprint density at radius 3 is 2.61 bits per heavy atom. The lowest BCUT2D eigenvalue weighted by atomic mass is 9.93. The molecule has 1 aliphatic rings. The molecule has 1 aromatic heterocycles. The number of carbonyl (C=O) groups is 2. The number of aromatic nitrogens is 2. The Labute approximate surface area is 164 Å². The van der Waals surface area contributed by atoms with Crippen molar-refractivity contribution in [2.75, 3.05) is 25.0 Å². The Bertz CT molecular complexity index is 840. The minimum atomic E-state index is -0.109. The predicted molar refractivity (Wildman–Crippen MR) is 105 cm³/mol. The number of benzene rings is 1. The van der Waals surface area contributed by atoms with Gasteiger partial charge in [-0.2, -0.15) is 4.98 Å². The highest BCUT2D eigenvalue weighted by molar-refractivity contribution is 5.96. The second-order valence-electron chi connectivity index (χ2n) is 7.18. The number of aryl methyl sites for hydroxylation is 2. The molecule has 0 bridgehead atoms. The number of hydrogen-bond donors (Lipinski definition) is 2. The summed E-state index contributed by atoms with van der Waals surface area (Å²) in [7, 11) is 0. The van der Waals surface area contributed by atoms with E-state index in [0.29, 0.717) is 37.0 Å². The largest absolute Gasteiger partial charge is 0.352 e. The first-order chi connectivity index (χ1) is 13.5. The molecule has 0 spiro atoms. The van der Waals surface area contributed by atoms with E-state index in [2.05, 4.69) is 20.8 Å². The molecule has 2 aromatic rings. The number of rotatable bonds is 5. The van der Waals surface area contributed by atoms with Crippen molar-refractivity contribution in [1.29, 1.82) is 0 Å². The topological polar surface area (TPSA) is 100 Å². The van der Waals surface area contributed by atoms with Gasteiger partial charge >= 0.3 is 6.03 Å². The van der Waals surface area contributed by atoms with Crippen molar-refractivity contribution in [2.45, 2.75) is 40.0 Å². The van der Waals surface area contributed by atoms with Crippen LogP contribution in [0.25, 0.3) is 0 Å². The normalized spacial score (nSPS) is 14.8. The van der Waals surface area contributed by atoms with E-state index in [1.54, 1.807) is 25.1 Å². The van der Waals surface area contributed by atoms with Gasteiger partial charge < -0.3 is 20.1 Å². The molecular weight excluding hydrogens is 358 g/mol. The van der Waals surface area contributed by atoms with Crippen LogP contribution in [-0.4, -0.2) is 46.6 Å². The maximum atomic E-state index is 12.6. The van der Waals surface area contributed by atoms with E-state index in [1.807, 2.05) is 18.7 Å². The van der Waals surface area contributed by atoms with Gasteiger partial charge in [0.1, 0.15) is 0 Å². The molecular formula is C20H27N5O3. The third-order valence-corrected chi connectivity index (χ3v) is 5.01. The van der Waals surface area contributed by atoms with Gasteiger partial charge in [0.25, 0.3) is 5.91 Å². The van der Waals surface area contributed by atoms with Crippen LogP contribution in [0.2, 0.25) is 0 Å². The summed E-state index contributed by atoms with van der Waals surface area (Å²) in [5.74, 6) is 1.67. The van der Waals surface area contributed by atoms with E-state index in [-0.39, 0.29) is 11.9 Å². The van der Waals surface area contributed by atoms with Gasteiger partial charge in [-0.1, -0.05) is 5.16 Å². The highest BCUT2D eigenvalue weighted by Gasteiger charge is 2.24. The molecule has 0 saturated carbocycles. The first kappa shape index (κ1) is 19.9. The molecule has 1 aromatic carbocycles. The third-order valence-electron chi connectivity index (χ3n) is 5.01. The van der Waals surface area contributed by atoms with Crippen LogP contribution in [0.5, 0.6) is 0 Å². The first-order valence-electron chi connectivity index (χ1n) is 9.70. The fourth-order valence-corrected chi connectivity index (χ4v) is 3.42. The monoisotopic (exact) mass is 385 g/mol. The summed E-state index contributed by atoms with van der Waals surface area (Å²) >= 11 is 0. The van der Waals surface area contributed by atoms with Crippen LogP contribution in [-0.2, 0) is 6.42 Å². The van der Waals surface area contributed by atoms with Crippen molar-refractivity contribution < 1.29 is 14.1 Å². The van der Waals surface area contributed by atoms with E-state index in [9.17, 15) is 9.59 Å². The van der Waals surface area contributed by atoms with Gasteiger partial charge in [-0.05, 0) is 56.4 Å². The summed E-state index contributed by atoms with van der Waals surface area (Å²) in [5.41, 5.74) is 2.18. The second-order valence-corrected chi connectivity index (χ2v) is 7.18. The van der Waals surface area contributed by atoms with E-state index in [1.165, 1.54) is 0 Å². The van der Waals surface area contributed by atoms with E-state index >= 15 is 0 Å². The van der Waals surface area contributed by atoms with E-state index < -0.39 is 0 Å². The van der Waals surface area contributed by atoms with Crippen LogP contribution in [0.1, 0.15) is 47.4 Å². The standard InChI is InChI=1S/C20H27N5O3/c1-4-21-19(26)16-5-6-17(13(2)11-16)23-20(27)25-9-7-15(8-10-25)12-18-22-14(3)28-24-18/h5-6,11,15H,4,7-10,12H2,1-3H3,(H,21,26)(H,23,27). The van der Waals surface area contributed by atoms with Gasteiger partial charge in [-0.15, -0.1) is 0 Å². The molecule has 0 aliphatic carbocycles. The molecule has 2 heterocycles. The van der Waals surface area contributed by atoms with Crippen LogP contribution in [0.4, 0.5) is 10.5 Å². The van der Waals surface area contributed by atoms with E-state index in [0.717, 1.165) is 36.3 Å². The lowest BCUT2D eigenvalue weighted by molar-refractivity contribution is 0.0955. The molecule has 3 amide bonds. The number of piperidine rings is 1. The van der Waals surface area contributed by atoms with Crippen molar-refractivity contribution in [1.82, 2.24) is 20.4 Å². The van der Waals surface area contributed by atoms with Gasteiger partial charge in [0.05, 0.1) is 0 Å². The second kappa shape index (κ2) is 8.86. The molecule has 8 heteroatoms. The highest BCUT2D eigenvalue weighted by Crippen LogP contribution is 2.22. The Balaban J connectivity index is 1.52. The smallest absolute Gasteiger partial charge is 0.321 e. The zero-order valence-corrected chi connectivity index (χ0v) is 16.6. The highest BCUT2D eigenvalue weighted by atomic mass is 16.5. The lowest BCUT2D eigenvalue weighted by Gasteiger charge is -2.31. The van der Waals surface area contributed by atoms with Crippen LogP contribution >= 0.6 is 0 Å². The summed E-state index contributed by atoms with van der Waals surface area (Å²) in [6, 6.07) is 5.19. The molecule has 150 valence electrons. The average molecular weight is 385 g/mol. The van der Waals surface area contributed by atoms with Crippen molar-refractivity contribution in [3.63, 3.8) is 0 Å². The Kier molecular flexibility index (Phi) is 6.28. The number of anilines is 1. The van der Waals surface area contributed by atoms with Crippen LogP contribution in [0.15, 0.2) is 22.7 Å². The zero-order valence-electron chi connectivity index (χ0n) is 16.6. The number of urea groups is 1. The minimum Gasteiger partial charge on any atom is -0.352 e. The van der Waals surface area contributed by atoms with Gasteiger partial charge in [-0.25, -0.2) is 4.79 Å². The molecule has 1 aliphatic heterocycles. The van der Waals surface area contributed by atoms with Gasteiger partial charge in [0, 0.05) is 44.2 Å². The molecule has 0 unspecified atom stereocenters. The van der Waals surface area contributed by atoms with Crippen molar-refractivity contribution in [3.8, 4) is 0 Å². The van der Waals surface area contributed by atoms with Crippen molar-refractivity contribution in [3.05, 3.63) is 41.0 Å². The van der Waals surface area contributed by atoms with Crippen LogP contribution < -0.4 is 10.6 Å². The number of amides is 3. The summed E-state index contributed by atoms with van der Waals surface area (Å²) in [5, 5.41) is 9.69. The fraction of sp³-hybridized carbons (Fsp3) is 0.500. The van der Waals surface area contributed by atoms with Gasteiger partial charge in [0.15, 0.2) is 5.82 Å². The van der Waals surface area contributed by atoms with Gasteiger partial charge in [-0.3, -0.25) is 4.79 Å². The number of hydrogen-bond acceptors (Lipinski definition) is 5. The fourth-order valence-electron chi connectivity index (χ4n) is 3.42. The maximum absolute atomic E-state index is 12.6. The molecule has 2 N–H and O–H groups in total. The predicted octanol–water partition coefficient (Wildman–Crippen LogP) is 2.92. The van der Waals surface area contributed by atoms with Gasteiger partial charge in [0.2, 0.25) is 5.89 Å². The Hall–Kier alpha value is -2.90. The number of carbonyl (C=O) groups excluding carboxylic acids is 2. The van der Waals surface area contributed by atoms with E-state index in [4.69, 9.17) is 4.52 Å². The van der Waals surface area contributed by atoms with Crippen molar-refractivity contribution >= 4 is 17.6 Å². The summed E-state index contributed by atoms with van der Waals surface area (Å²) in [4.78, 5) is 30.6. The molecule has 8 nitrogen and oxygen atoms in total. The summed E-state index contributed by atoms with van der Waals surface area (Å²) < 4.78 is 5.02.